The summed E-state index contributed by atoms with van der Waals surface area (Å²) in [5.41, 5.74) is -0.0116. The Bertz CT molecular complexity index is 987. The summed E-state index contributed by atoms with van der Waals surface area (Å²) in [6.45, 7) is 6.03. The van der Waals surface area contributed by atoms with Crippen LogP contribution in [0.3, 0.4) is 0 Å². The van der Waals surface area contributed by atoms with Crippen molar-refractivity contribution in [3.63, 3.8) is 0 Å². The average Bonchev–Trinajstić information content (AvgIpc) is 3.25. The molecule has 170 valence electrons. The van der Waals surface area contributed by atoms with Crippen molar-refractivity contribution in [2.75, 3.05) is 44.7 Å². The third kappa shape index (κ3) is 5.81. The van der Waals surface area contributed by atoms with E-state index in [1.54, 1.807) is 41.7 Å². The Labute approximate surface area is 191 Å². The lowest BCUT2D eigenvalue weighted by atomic mass is 9.99. The van der Waals surface area contributed by atoms with Crippen molar-refractivity contribution in [1.82, 2.24) is 20.5 Å². The van der Waals surface area contributed by atoms with E-state index in [0.717, 1.165) is 42.6 Å². The van der Waals surface area contributed by atoms with E-state index >= 15 is 0 Å². The van der Waals surface area contributed by atoms with Crippen molar-refractivity contribution in [2.24, 2.45) is 0 Å². The maximum atomic E-state index is 14.5. The number of carbonyl (C=O) groups is 2. The molecule has 0 bridgehead atoms. The molecule has 1 aliphatic rings. The lowest BCUT2D eigenvalue weighted by molar-refractivity contribution is -0.125. The number of aromatic nitrogens is 1. The number of amides is 2. The van der Waals surface area contributed by atoms with E-state index in [1.807, 2.05) is 5.38 Å². The number of hydrogen-bond acceptors (Lipinski definition) is 7. The number of piperazine rings is 1. The van der Waals surface area contributed by atoms with Crippen LogP contribution in [0.1, 0.15) is 24.2 Å². The molecule has 1 atom stereocenters. The van der Waals surface area contributed by atoms with Crippen LogP contribution in [-0.2, 0) is 4.79 Å². The van der Waals surface area contributed by atoms with Crippen LogP contribution in [0, 0.1) is 11.3 Å². The number of nitrogens with one attached hydrogen (secondary N) is 2. The Hall–Kier alpha value is -3.03. The van der Waals surface area contributed by atoms with Crippen molar-refractivity contribution in [3.05, 3.63) is 35.2 Å². The van der Waals surface area contributed by atoms with Crippen LogP contribution in [0.2, 0.25) is 0 Å². The first kappa shape index (κ1) is 23.6. The zero-order valence-corrected chi connectivity index (χ0v) is 19.2. The van der Waals surface area contributed by atoms with E-state index in [0.29, 0.717) is 5.56 Å². The predicted octanol–water partition coefficient (Wildman–Crippen LogP) is 2.05. The van der Waals surface area contributed by atoms with Gasteiger partial charge in [-0.05, 0) is 33.0 Å². The summed E-state index contributed by atoms with van der Waals surface area (Å²) in [6, 6.07) is 7.14. The minimum absolute atomic E-state index is 0.264. The van der Waals surface area contributed by atoms with Gasteiger partial charge >= 0.3 is 0 Å². The highest BCUT2D eigenvalue weighted by molar-refractivity contribution is 7.14. The van der Waals surface area contributed by atoms with Crippen LogP contribution in [-0.4, -0.2) is 73.2 Å². The Kier molecular flexibility index (Phi) is 7.43. The van der Waals surface area contributed by atoms with Gasteiger partial charge in [0.1, 0.15) is 18.3 Å². The number of likely N-dealkylation sites (N-methyl/N-ethyl adjacent to an activating group) is 1. The SMILES string of the molecule is CN1CCN(c2nc(-c3ccc(C(=O)NC(C(=O)NCC#N)C(C)(C)F)cc3)cs2)CC1. The molecule has 0 saturated carbocycles. The molecule has 1 aromatic carbocycles. The van der Waals surface area contributed by atoms with Crippen LogP contribution in [0.15, 0.2) is 29.6 Å². The number of hydrogen-bond donors (Lipinski definition) is 2. The van der Waals surface area contributed by atoms with Crippen molar-refractivity contribution >= 4 is 28.3 Å². The normalized spacial score (nSPS) is 15.7. The van der Waals surface area contributed by atoms with Gasteiger partial charge in [-0.25, -0.2) is 9.37 Å². The third-order valence-electron chi connectivity index (χ3n) is 5.27. The highest BCUT2D eigenvalue weighted by Crippen LogP contribution is 2.28. The van der Waals surface area contributed by atoms with Crippen molar-refractivity contribution in [1.29, 1.82) is 5.26 Å². The molecule has 10 heteroatoms. The van der Waals surface area contributed by atoms with E-state index < -0.39 is 23.5 Å². The molecule has 32 heavy (non-hydrogen) atoms. The van der Waals surface area contributed by atoms with E-state index in [1.165, 1.54) is 13.8 Å². The van der Waals surface area contributed by atoms with Gasteiger partial charge in [0.05, 0.1) is 11.8 Å². The minimum atomic E-state index is -2.00. The van der Waals surface area contributed by atoms with Gasteiger partial charge in [0.15, 0.2) is 5.13 Å². The molecule has 2 amide bonds. The summed E-state index contributed by atoms with van der Waals surface area (Å²) in [5.74, 6) is -1.32. The van der Waals surface area contributed by atoms with Gasteiger partial charge in [-0.2, -0.15) is 5.26 Å². The van der Waals surface area contributed by atoms with Gasteiger partial charge in [-0.15, -0.1) is 11.3 Å². The molecule has 2 aromatic rings. The van der Waals surface area contributed by atoms with Gasteiger partial charge in [-0.3, -0.25) is 9.59 Å². The average molecular weight is 459 g/mol. The Morgan fingerprint density at radius 1 is 1.25 bits per heavy atom. The summed E-state index contributed by atoms with van der Waals surface area (Å²) in [6.07, 6.45) is 0. The molecule has 1 aliphatic heterocycles. The molecule has 2 N–H and O–H groups in total. The van der Waals surface area contributed by atoms with Gasteiger partial charge in [-0.1, -0.05) is 12.1 Å². The zero-order valence-electron chi connectivity index (χ0n) is 18.4. The number of rotatable bonds is 7. The molecule has 8 nitrogen and oxygen atoms in total. The van der Waals surface area contributed by atoms with Gasteiger partial charge < -0.3 is 20.4 Å². The summed E-state index contributed by atoms with van der Waals surface area (Å²) in [4.78, 5) is 34.1. The quantitative estimate of drug-likeness (QED) is 0.616. The Morgan fingerprint density at radius 3 is 2.50 bits per heavy atom. The van der Waals surface area contributed by atoms with Crippen molar-refractivity contribution in [2.45, 2.75) is 25.6 Å². The highest BCUT2D eigenvalue weighted by atomic mass is 32.1. The first-order chi connectivity index (χ1) is 15.2. The van der Waals surface area contributed by atoms with Gasteiger partial charge in [0, 0.05) is 42.7 Å². The van der Waals surface area contributed by atoms with Gasteiger partial charge in [0.2, 0.25) is 5.91 Å². The van der Waals surface area contributed by atoms with Crippen LogP contribution < -0.4 is 15.5 Å². The number of alkyl halides is 1. The Morgan fingerprint density at radius 2 is 1.91 bits per heavy atom. The second-order valence-corrected chi connectivity index (χ2v) is 9.07. The molecule has 0 radical (unpaired) electrons. The van der Waals surface area contributed by atoms with Crippen LogP contribution in [0.5, 0.6) is 0 Å². The maximum absolute atomic E-state index is 14.5. The van der Waals surface area contributed by atoms with E-state index in [2.05, 4.69) is 27.5 Å². The molecule has 1 aromatic heterocycles. The summed E-state index contributed by atoms with van der Waals surface area (Å²) < 4.78 is 14.5. The molecule has 3 rings (SSSR count). The second-order valence-electron chi connectivity index (χ2n) is 8.23. The highest BCUT2D eigenvalue weighted by Gasteiger charge is 2.36. The monoisotopic (exact) mass is 458 g/mol. The largest absolute Gasteiger partial charge is 0.346 e. The number of thiazole rings is 1. The molecule has 1 fully saturated rings. The first-order valence-electron chi connectivity index (χ1n) is 10.3. The van der Waals surface area contributed by atoms with Crippen molar-refractivity contribution in [3.8, 4) is 17.3 Å². The minimum Gasteiger partial charge on any atom is -0.346 e. The summed E-state index contributed by atoms with van der Waals surface area (Å²) >= 11 is 1.59. The van der Waals surface area contributed by atoms with Crippen LogP contribution in [0.25, 0.3) is 11.3 Å². The summed E-state index contributed by atoms with van der Waals surface area (Å²) in [7, 11) is 2.11. The van der Waals surface area contributed by atoms with Crippen molar-refractivity contribution < 1.29 is 14.0 Å². The number of benzene rings is 1. The molecular formula is C22H27FN6O2S. The van der Waals surface area contributed by atoms with Crippen LogP contribution in [0.4, 0.5) is 9.52 Å². The molecule has 0 spiro atoms. The first-order valence-corrected chi connectivity index (χ1v) is 11.2. The molecule has 0 aliphatic carbocycles. The lowest BCUT2D eigenvalue weighted by Crippen LogP contribution is -2.56. The number of carbonyl (C=O) groups excluding carboxylic acids is 2. The third-order valence-corrected chi connectivity index (χ3v) is 6.18. The topological polar surface area (TPSA) is 101 Å². The maximum Gasteiger partial charge on any atom is 0.252 e. The number of nitriles is 1. The number of nitrogens with zero attached hydrogens (tertiary/aromatic N) is 4. The van der Waals surface area contributed by atoms with Gasteiger partial charge in [0.25, 0.3) is 5.91 Å². The zero-order chi connectivity index (χ0) is 23.3. The standard InChI is InChI=1S/C22H27FN6O2S/c1-22(2,23)18(20(31)25-9-8-24)27-19(30)16-6-4-15(5-7-16)17-14-32-21(26-17)29-12-10-28(3)11-13-29/h4-7,14,18H,9-13H2,1-3H3,(H,25,31)(H,27,30). The second kappa shape index (κ2) is 10.1. The van der Waals surface area contributed by atoms with E-state index in [9.17, 15) is 14.0 Å². The lowest BCUT2D eigenvalue weighted by Gasteiger charge is -2.32. The van der Waals surface area contributed by atoms with E-state index in [4.69, 9.17) is 10.2 Å². The smallest absolute Gasteiger partial charge is 0.252 e. The van der Waals surface area contributed by atoms with Crippen LogP contribution >= 0.6 is 11.3 Å². The molecule has 1 unspecified atom stereocenters. The fourth-order valence-electron chi connectivity index (χ4n) is 3.32. The fourth-order valence-corrected chi connectivity index (χ4v) is 4.21. The fraction of sp³-hybridized carbons (Fsp3) is 0.455. The molecular weight excluding hydrogens is 431 g/mol. The number of anilines is 1. The molecule has 1 saturated heterocycles. The molecule has 2 heterocycles. The Balaban J connectivity index is 1.68. The predicted molar refractivity (Wildman–Crippen MR) is 122 cm³/mol. The number of halogens is 1. The van der Waals surface area contributed by atoms with E-state index in [-0.39, 0.29) is 6.54 Å². The summed E-state index contributed by atoms with van der Waals surface area (Å²) in [5, 5.41) is 16.3.